The van der Waals surface area contributed by atoms with E-state index >= 15 is 0 Å². The highest BCUT2D eigenvalue weighted by Gasteiger charge is 2.09. The number of rotatable bonds is 12. The van der Waals surface area contributed by atoms with Crippen molar-refractivity contribution < 1.29 is 8.76 Å². The minimum atomic E-state index is -2.30. The number of nitrogens with zero attached hydrogens (tertiary/aromatic N) is 6. The first-order valence-corrected chi connectivity index (χ1v) is 10.7. The van der Waals surface area contributed by atoms with Crippen molar-refractivity contribution in [1.29, 1.82) is 0 Å². The monoisotopic (exact) mass is 435 g/mol. The third-order valence-corrected chi connectivity index (χ3v) is 4.91. The topological polar surface area (TPSA) is 113 Å². The molecule has 0 aliphatic heterocycles. The number of nitrogens with one attached hydrogen (secondary N) is 2. The van der Waals surface area contributed by atoms with Gasteiger partial charge in [0.1, 0.15) is 5.82 Å². The molecule has 30 heavy (non-hydrogen) atoms. The summed E-state index contributed by atoms with van der Waals surface area (Å²) in [5.41, 5.74) is 1.58. The first kappa shape index (κ1) is 23.9. The molecule has 0 bridgehead atoms. The van der Waals surface area contributed by atoms with E-state index in [9.17, 15) is 8.76 Å². The van der Waals surface area contributed by atoms with Crippen molar-refractivity contribution in [1.82, 2.24) is 24.8 Å². The Bertz CT molecular complexity index is 784. The Kier molecular flexibility index (Phi) is 9.37. The molecule has 2 aromatic rings. The first-order valence-electron chi connectivity index (χ1n) is 9.69. The number of aromatic nitrogens is 3. The summed E-state index contributed by atoms with van der Waals surface area (Å²) < 4.78 is 23.3. The van der Waals surface area contributed by atoms with Crippen LogP contribution in [0.3, 0.4) is 0 Å². The fourth-order valence-electron chi connectivity index (χ4n) is 2.53. The van der Waals surface area contributed by atoms with E-state index in [0.29, 0.717) is 29.8 Å². The summed E-state index contributed by atoms with van der Waals surface area (Å²) in [6.07, 6.45) is 0.512. The van der Waals surface area contributed by atoms with E-state index in [1.807, 2.05) is 40.3 Å². The Morgan fingerprint density at radius 2 is 1.37 bits per heavy atom. The maximum Gasteiger partial charge on any atom is 0.227 e. The Morgan fingerprint density at radius 1 is 0.867 bits per heavy atom. The van der Waals surface area contributed by atoms with Gasteiger partial charge in [-0.2, -0.15) is 15.0 Å². The van der Waals surface area contributed by atoms with E-state index in [4.69, 9.17) is 0 Å². The first-order chi connectivity index (χ1) is 14.2. The largest absolute Gasteiger partial charge is 0.755 e. The summed E-state index contributed by atoms with van der Waals surface area (Å²) in [5.74, 6) is 1.71. The molecule has 0 saturated heterocycles. The van der Waals surface area contributed by atoms with Gasteiger partial charge in [0.15, 0.2) is 0 Å². The number of hydrogen-bond donors (Lipinski definition) is 2. The molecule has 0 amide bonds. The van der Waals surface area contributed by atoms with Crippen molar-refractivity contribution in [3.05, 3.63) is 35.7 Å². The summed E-state index contributed by atoms with van der Waals surface area (Å²) >= 11 is -2.30. The number of benzene rings is 1. The Morgan fingerprint density at radius 3 is 1.80 bits per heavy atom. The van der Waals surface area contributed by atoms with Crippen LogP contribution in [0.4, 0.5) is 17.6 Å². The van der Waals surface area contributed by atoms with Crippen LogP contribution in [0, 0.1) is 0 Å². The standard InChI is InChI=1S/C19H32N8O2S/c1-25(2)12-10-20-18-22-17(23-19(24-18)21-11-13-26(3)4)14-15-6-8-16(9-7-15)27(5)30(28)29/h6-9H,10-14H2,1-5H3,(H,28,29)(H2,20,21,22,23,24)/p-1. The lowest BCUT2D eigenvalue weighted by Gasteiger charge is -2.21. The molecule has 10 nitrogen and oxygen atoms in total. The second-order valence-corrected chi connectivity index (χ2v) is 8.40. The van der Waals surface area contributed by atoms with Crippen LogP contribution in [0.5, 0.6) is 0 Å². The molecule has 0 aliphatic rings. The fraction of sp³-hybridized carbons (Fsp3) is 0.526. The summed E-state index contributed by atoms with van der Waals surface area (Å²) in [7, 11) is 9.55. The molecule has 0 radical (unpaired) electrons. The molecule has 0 saturated carbocycles. The molecule has 1 atom stereocenters. The molecule has 2 rings (SSSR count). The molecule has 11 heteroatoms. The summed E-state index contributed by atoms with van der Waals surface area (Å²) in [6.45, 7) is 3.17. The van der Waals surface area contributed by atoms with Crippen molar-refractivity contribution >= 4 is 28.9 Å². The van der Waals surface area contributed by atoms with E-state index in [2.05, 4.69) is 35.4 Å². The van der Waals surface area contributed by atoms with Gasteiger partial charge in [0.05, 0.1) is 0 Å². The van der Waals surface area contributed by atoms with Crippen LogP contribution in [0.25, 0.3) is 0 Å². The van der Waals surface area contributed by atoms with Crippen molar-refractivity contribution in [3.63, 3.8) is 0 Å². The maximum absolute atomic E-state index is 11.1. The molecule has 166 valence electrons. The smallest absolute Gasteiger partial charge is 0.227 e. The summed E-state index contributed by atoms with van der Waals surface area (Å²) in [4.78, 5) is 17.7. The van der Waals surface area contributed by atoms with Crippen LogP contribution in [0.1, 0.15) is 11.4 Å². The average molecular weight is 436 g/mol. The van der Waals surface area contributed by atoms with Crippen molar-refractivity contribution in [2.75, 3.05) is 76.4 Å². The SMILES string of the molecule is CN(C)CCNc1nc(Cc2ccc(N(C)S(=O)[O-])cc2)nc(NCCN(C)C)n1. The highest BCUT2D eigenvalue weighted by molar-refractivity contribution is 7.80. The van der Waals surface area contributed by atoms with Gasteiger partial charge in [0.25, 0.3) is 0 Å². The van der Waals surface area contributed by atoms with Gasteiger partial charge in [-0.25, -0.2) is 0 Å². The minimum absolute atomic E-state index is 0.512. The maximum atomic E-state index is 11.1. The highest BCUT2D eigenvalue weighted by Crippen LogP contribution is 2.17. The van der Waals surface area contributed by atoms with E-state index in [-0.39, 0.29) is 0 Å². The van der Waals surface area contributed by atoms with Crippen LogP contribution in [0.15, 0.2) is 24.3 Å². The molecule has 1 heterocycles. The molecular formula is C19H31N8O2S-. The van der Waals surface area contributed by atoms with Gasteiger partial charge in [-0.15, -0.1) is 0 Å². The molecule has 0 spiro atoms. The Labute approximate surface area is 181 Å². The van der Waals surface area contributed by atoms with E-state index in [0.717, 1.165) is 31.7 Å². The predicted molar refractivity (Wildman–Crippen MR) is 120 cm³/mol. The van der Waals surface area contributed by atoms with Gasteiger partial charge in [-0.05, 0) is 45.9 Å². The van der Waals surface area contributed by atoms with Gasteiger partial charge in [-0.3, -0.25) is 4.21 Å². The van der Waals surface area contributed by atoms with Crippen LogP contribution in [-0.2, 0) is 17.7 Å². The zero-order valence-electron chi connectivity index (χ0n) is 18.3. The molecule has 1 aromatic heterocycles. The molecule has 0 aliphatic carbocycles. The van der Waals surface area contributed by atoms with Gasteiger partial charge < -0.3 is 29.3 Å². The number of hydrogen-bond acceptors (Lipinski definition) is 9. The van der Waals surface area contributed by atoms with Gasteiger partial charge in [0, 0.05) is 56.6 Å². The zero-order chi connectivity index (χ0) is 22.1. The van der Waals surface area contributed by atoms with E-state index < -0.39 is 11.3 Å². The second kappa shape index (κ2) is 11.7. The third kappa shape index (κ3) is 8.19. The molecular weight excluding hydrogens is 404 g/mol. The number of anilines is 3. The third-order valence-electron chi connectivity index (χ3n) is 4.25. The second-order valence-electron chi connectivity index (χ2n) is 7.42. The average Bonchev–Trinajstić information content (AvgIpc) is 2.67. The fourth-order valence-corrected chi connectivity index (χ4v) is 2.83. The number of likely N-dealkylation sites (N-methyl/N-ethyl adjacent to an activating group) is 2. The lowest BCUT2D eigenvalue weighted by atomic mass is 10.1. The molecule has 1 aromatic carbocycles. The van der Waals surface area contributed by atoms with E-state index in [1.165, 1.54) is 11.4 Å². The van der Waals surface area contributed by atoms with Gasteiger partial charge >= 0.3 is 0 Å². The normalized spacial score (nSPS) is 12.3. The zero-order valence-corrected chi connectivity index (χ0v) is 19.1. The van der Waals surface area contributed by atoms with Gasteiger partial charge in [-0.1, -0.05) is 12.1 Å². The highest BCUT2D eigenvalue weighted by atomic mass is 32.2. The molecule has 2 N–H and O–H groups in total. The Hall–Kier alpha value is -2.34. The minimum Gasteiger partial charge on any atom is -0.755 e. The molecule has 0 fully saturated rings. The van der Waals surface area contributed by atoms with Crippen molar-refractivity contribution in [2.24, 2.45) is 0 Å². The van der Waals surface area contributed by atoms with Crippen LogP contribution >= 0.6 is 0 Å². The molecule has 1 unspecified atom stereocenters. The van der Waals surface area contributed by atoms with Crippen LogP contribution in [-0.4, -0.2) is 94.9 Å². The summed E-state index contributed by atoms with van der Waals surface area (Å²) in [6, 6.07) is 7.28. The van der Waals surface area contributed by atoms with Crippen molar-refractivity contribution in [3.8, 4) is 0 Å². The van der Waals surface area contributed by atoms with Crippen LogP contribution < -0.4 is 14.9 Å². The lowest BCUT2D eigenvalue weighted by Crippen LogP contribution is -2.23. The quantitative estimate of drug-likeness (QED) is 0.464. The van der Waals surface area contributed by atoms with E-state index in [1.54, 1.807) is 12.1 Å². The van der Waals surface area contributed by atoms with Gasteiger partial charge in [0.2, 0.25) is 11.9 Å². The van der Waals surface area contributed by atoms with Crippen LogP contribution in [0.2, 0.25) is 0 Å². The Balaban J connectivity index is 2.14. The summed E-state index contributed by atoms with van der Waals surface area (Å²) in [5, 5.41) is 6.50. The predicted octanol–water partition coefficient (Wildman–Crippen LogP) is 0.640. The van der Waals surface area contributed by atoms with Crippen molar-refractivity contribution in [2.45, 2.75) is 6.42 Å². The lowest BCUT2D eigenvalue weighted by molar-refractivity contribution is 0.424.